The number of hydrogen-bond acceptors (Lipinski definition) is 7. The Hall–Kier alpha value is -3.71. The molecule has 0 spiro atoms. The fourth-order valence-corrected chi connectivity index (χ4v) is 3.90. The fourth-order valence-electron chi connectivity index (χ4n) is 3.90. The smallest absolute Gasteiger partial charge is 0.229 e. The molecule has 3 heterocycles. The Morgan fingerprint density at radius 3 is 2.42 bits per heavy atom. The second-order valence-corrected chi connectivity index (χ2v) is 8.26. The van der Waals surface area contributed by atoms with Crippen LogP contribution in [-0.2, 0) is 0 Å². The van der Waals surface area contributed by atoms with Crippen LogP contribution in [0.2, 0.25) is 0 Å². The van der Waals surface area contributed by atoms with Crippen LogP contribution in [0.5, 0.6) is 0 Å². The normalized spacial score (nSPS) is 14.5. The van der Waals surface area contributed by atoms with Gasteiger partial charge in [0.1, 0.15) is 11.9 Å². The van der Waals surface area contributed by atoms with E-state index < -0.39 is 0 Å². The summed E-state index contributed by atoms with van der Waals surface area (Å²) in [5.74, 6) is 2.66. The van der Waals surface area contributed by atoms with Crippen LogP contribution in [0.3, 0.4) is 0 Å². The van der Waals surface area contributed by atoms with E-state index in [4.69, 9.17) is 9.78 Å². The van der Waals surface area contributed by atoms with Gasteiger partial charge in [-0.25, -0.2) is 4.98 Å². The Balaban J connectivity index is 1.51. The van der Waals surface area contributed by atoms with E-state index in [1.165, 1.54) is 0 Å². The molecule has 2 aromatic heterocycles. The molecule has 0 atom stereocenters. The molecule has 1 aromatic carbocycles. The number of rotatable bonds is 4. The van der Waals surface area contributed by atoms with Crippen molar-refractivity contribution in [2.75, 3.05) is 18.0 Å². The zero-order chi connectivity index (χ0) is 22.0. The van der Waals surface area contributed by atoms with Crippen molar-refractivity contribution in [3.63, 3.8) is 0 Å². The van der Waals surface area contributed by atoms with Gasteiger partial charge in [0.2, 0.25) is 5.89 Å². The molecule has 1 fully saturated rings. The minimum atomic E-state index is 0.239. The Labute approximate surface area is 182 Å². The summed E-state index contributed by atoms with van der Waals surface area (Å²) in [6.07, 6.45) is 3.56. The van der Waals surface area contributed by atoms with Gasteiger partial charge >= 0.3 is 0 Å². The van der Waals surface area contributed by atoms with Gasteiger partial charge in [0.25, 0.3) is 0 Å². The Morgan fingerprint density at radius 2 is 1.81 bits per heavy atom. The van der Waals surface area contributed by atoms with Crippen LogP contribution in [0.1, 0.15) is 66.9 Å². The van der Waals surface area contributed by atoms with Gasteiger partial charge in [0.15, 0.2) is 5.82 Å². The lowest BCUT2D eigenvalue weighted by Crippen LogP contribution is -2.34. The second-order valence-electron chi connectivity index (χ2n) is 8.26. The molecule has 31 heavy (non-hydrogen) atoms. The van der Waals surface area contributed by atoms with Crippen LogP contribution in [0.25, 0.3) is 11.1 Å². The standard InChI is InChI=1S/C24H24N6O/c1-15(2)22-28-24(31-29-22)17-6-8-30(9-7-17)23-20(13-26)11-21(14-27-23)18-4-5-19(12-25)16(3)10-18/h4-5,10-11,14-15,17H,6-9H2,1-3H3. The Kier molecular flexibility index (Phi) is 5.68. The van der Waals surface area contributed by atoms with Crippen LogP contribution < -0.4 is 4.90 Å². The number of pyridine rings is 1. The highest BCUT2D eigenvalue weighted by molar-refractivity contribution is 5.69. The Morgan fingerprint density at radius 1 is 1.06 bits per heavy atom. The summed E-state index contributed by atoms with van der Waals surface area (Å²) < 4.78 is 5.47. The van der Waals surface area contributed by atoms with Crippen molar-refractivity contribution in [3.8, 4) is 23.3 Å². The van der Waals surface area contributed by atoms with Crippen molar-refractivity contribution < 1.29 is 4.52 Å². The van der Waals surface area contributed by atoms with Crippen molar-refractivity contribution >= 4 is 5.82 Å². The maximum Gasteiger partial charge on any atom is 0.229 e. The van der Waals surface area contributed by atoms with E-state index in [0.29, 0.717) is 22.8 Å². The summed E-state index contributed by atoms with van der Waals surface area (Å²) in [5, 5.41) is 23.0. The highest BCUT2D eigenvalue weighted by Crippen LogP contribution is 2.32. The molecule has 156 valence electrons. The fraction of sp³-hybridized carbons (Fsp3) is 0.375. The van der Waals surface area contributed by atoms with Gasteiger partial charge < -0.3 is 9.42 Å². The van der Waals surface area contributed by atoms with Gasteiger partial charge in [-0.05, 0) is 43.0 Å². The summed E-state index contributed by atoms with van der Waals surface area (Å²) >= 11 is 0. The summed E-state index contributed by atoms with van der Waals surface area (Å²) in [7, 11) is 0. The molecular formula is C24H24N6O. The van der Waals surface area contributed by atoms with E-state index in [1.807, 2.05) is 25.1 Å². The molecule has 7 nitrogen and oxygen atoms in total. The number of benzene rings is 1. The van der Waals surface area contributed by atoms with Crippen molar-refractivity contribution in [1.29, 1.82) is 10.5 Å². The molecule has 0 unspecified atom stereocenters. The predicted molar refractivity (Wildman–Crippen MR) is 116 cm³/mol. The first-order valence-electron chi connectivity index (χ1n) is 10.5. The van der Waals surface area contributed by atoms with Crippen molar-refractivity contribution in [2.45, 2.75) is 45.4 Å². The molecule has 0 aliphatic carbocycles. The summed E-state index contributed by atoms with van der Waals surface area (Å²) in [6.45, 7) is 7.57. The number of anilines is 1. The molecule has 0 saturated carbocycles. The van der Waals surface area contributed by atoms with Crippen molar-refractivity contribution in [1.82, 2.24) is 15.1 Å². The molecule has 1 aliphatic rings. The van der Waals surface area contributed by atoms with Crippen molar-refractivity contribution in [3.05, 3.63) is 58.9 Å². The number of nitriles is 2. The molecule has 1 saturated heterocycles. The summed E-state index contributed by atoms with van der Waals surface area (Å²) in [4.78, 5) is 11.3. The molecule has 0 N–H and O–H groups in total. The summed E-state index contributed by atoms with van der Waals surface area (Å²) in [5.41, 5.74) is 3.93. The van der Waals surface area contributed by atoms with Gasteiger partial charge in [-0.1, -0.05) is 31.1 Å². The van der Waals surface area contributed by atoms with Gasteiger partial charge in [-0.3, -0.25) is 0 Å². The Bertz CT molecular complexity index is 1180. The molecule has 1 aliphatic heterocycles. The number of piperidine rings is 1. The van der Waals surface area contributed by atoms with Crippen LogP contribution in [0, 0.1) is 29.6 Å². The van der Waals surface area contributed by atoms with E-state index in [2.05, 4.69) is 46.0 Å². The zero-order valence-electron chi connectivity index (χ0n) is 18.0. The van der Waals surface area contributed by atoms with E-state index in [-0.39, 0.29) is 11.8 Å². The predicted octanol–water partition coefficient (Wildman–Crippen LogP) is 4.69. The maximum atomic E-state index is 9.75. The van der Waals surface area contributed by atoms with Crippen LogP contribution in [0.4, 0.5) is 5.82 Å². The lowest BCUT2D eigenvalue weighted by molar-refractivity contribution is 0.325. The minimum Gasteiger partial charge on any atom is -0.355 e. The zero-order valence-corrected chi connectivity index (χ0v) is 18.0. The molecule has 0 amide bonds. The van der Waals surface area contributed by atoms with E-state index >= 15 is 0 Å². The minimum absolute atomic E-state index is 0.239. The molecule has 0 radical (unpaired) electrons. The third-order valence-electron chi connectivity index (χ3n) is 5.78. The van der Waals surface area contributed by atoms with Gasteiger partial charge in [0.05, 0.1) is 17.2 Å². The van der Waals surface area contributed by atoms with E-state index in [1.54, 1.807) is 12.3 Å². The largest absolute Gasteiger partial charge is 0.355 e. The number of hydrogen-bond donors (Lipinski definition) is 0. The molecule has 0 bridgehead atoms. The third-order valence-corrected chi connectivity index (χ3v) is 5.78. The quantitative estimate of drug-likeness (QED) is 0.612. The van der Waals surface area contributed by atoms with Gasteiger partial charge in [-0.2, -0.15) is 15.5 Å². The topological polar surface area (TPSA) is 103 Å². The first-order valence-corrected chi connectivity index (χ1v) is 10.5. The van der Waals surface area contributed by atoms with Gasteiger partial charge in [-0.15, -0.1) is 0 Å². The average Bonchev–Trinajstić information content (AvgIpc) is 3.29. The first-order chi connectivity index (χ1) is 15.0. The lowest BCUT2D eigenvalue weighted by Gasteiger charge is -2.31. The highest BCUT2D eigenvalue weighted by Gasteiger charge is 2.27. The van der Waals surface area contributed by atoms with Crippen LogP contribution in [-0.4, -0.2) is 28.2 Å². The second kappa shape index (κ2) is 8.57. The molecular weight excluding hydrogens is 388 g/mol. The SMILES string of the molecule is Cc1cc(-c2cnc(N3CCC(c4nc(C(C)C)no4)CC3)c(C#N)c2)ccc1C#N. The first kappa shape index (κ1) is 20.6. The molecule has 3 aromatic rings. The summed E-state index contributed by atoms with van der Waals surface area (Å²) in [6, 6.07) is 12.0. The van der Waals surface area contributed by atoms with Crippen molar-refractivity contribution in [2.24, 2.45) is 0 Å². The number of aryl methyl sites for hydroxylation is 1. The highest BCUT2D eigenvalue weighted by atomic mass is 16.5. The number of aromatic nitrogens is 3. The van der Waals surface area contributed by atoms with E-state index in [9.17, 15) is 5.26 Å². The van der Waals surface area contributed by atoms with Crippen LogP contribution in [0.15, 0.2) is 35.0 Å². The molecule has 7 heteroatoms. The lowest BCUT2D eigenvalue weighted by atomic mass is 9.96. The monoisotopic (exact) mass is 412 g/mol. The number of nitrogens with zero attached hydrogens (tertiary/aromatic N) is 6. The third kappa shape index (κ3) is 4.13. The maximum absolute atomic E-state index is 9.75. The van der Waals surface area contributed by atoms with E-state index in [0.717, 1.165) is 48.4 Å². The molecule has 4 rings (SSSR count). The van der Waals surface area contributed by atoms with Crippen LogP contribution >= 0.6 is 0 Å². The van der Waals surface area contributed by atoms with Gasteiger partial charge in [0, 0.05) is 36.7 Å². The average molecular weight is 412 g/mol.